The number of hydrogen-bond acceptors (Lipinski definition) is 3. The van der Waals surface area contributed by atoms with E-state index < -0.39 is 5.97 Å². The van der Waals surface area contributed by atoms with Gasteiger partial charge in [0.2, 0.25) is 0 Å². The molecule has 1 aromatic rings. The highest BCUT2D eigenvalue weighted by atomic mass is 32.2. The zero-order valence-corrected chi connectivity index (χ0v) is 10.3. The molecule has 1 rings (SSSR count). The van der Waals surface area contributed by atoms with Gasteiger partial charge in [-0.2, -0.15) is 0 Å². The molecule has 0 fully saturated rings. The van der Waals surface area contributed by atoms with E-state index in [4.69, 9.17) is 9.84 Å². The molecule has 0 saturated carbocycles. The van der Waals surface area contributed by atoms with Crippen LogP contribution in [-0.2, 0) is 4.79 Å². The summed E-state index contributed by atoms with van der Waals surface area (Å²) in [6.45, 7) is 2.03. The Kier molecular flexibility index (Phi) is 5.19. The average Bonchev–Trinajstić information content (AvgIpc) is 2.25. The molecule has 4 heteroatoms. The Bertz CT molecular complexity index is 363. The highest BCUT2D eigenvalue weighted by molar-refractivity contribution is 7.99. The maximum atomic E-state index is 10.3. The lowest BCUT2D eigenvalue weighted by molar-refractivity contribution is -0.137. The molecule has 88 valence electrons. The number of carboxylic acids is 1. The highest BCUT2D eigenvalue weighted by Crippen LogP contribution is 2.26. The number of ether oxygens (including phenoxy) is 1. The molecule has 1 aromatic carbocycles. The topological polar surface area (TPSA) is 46.5 Å². The van der Waals surface area contributed by atoms with Gasteiger partial charge in [-0.05, 0) is 42.9 Å². The summed E-state index contributed by atoms with van der Waals surface area (Å²) in [5.41, 5.74) is 1.17. The lowest BCUT2D eigenvalue weighted by atomic mass is 10.2. The summed E-state index contributed by atoms with van der Waals surface area (Å²) in [7, 11) is 1.65. The van der Waals surface area contributed by atoms with Crippen LogP contribution in [0.3, 0.4) is 0 Å². The predicted molar refractivity (Wildman–Crippen MR) is 65.3 cm³/mol. The summed E-state index contributed by atoms with van der Waals surface area (Å²) in [5.74, 6) is 0.957. The number of thioether (sulfide) groups is 1. The molecule has 0 aliphatic rings. The van der Waals surface area contributed by atoms with Crippen LogP contribution in [0.1, 0.15) is 18.4 Å². The number of carbonyl (C=O) groups is 1. The van der Waals surface area contributed by atoms with E-state index in [2.05, 4.69) is 0 Å². The fourth-order valence-corrected chi connectivity index (χ4v) is 2.28. The minimum Gasteiger partial charge on any atom is -0.497 e. The number of aliphatic carboxylic acids is 1. The summed E-state index contributed by atoms with van der Waals surface area (Å²) in [6.07, 6.45) is 0.938. The summed E-state index contributed by atoms with van der Waals surface area (Å²) in [6, 6.07) is 5.92. The molecule has 0 aliphatic heterocycles. The average molecular weight is 240 g/mol. The number of benzene rings is 1. The normalized spacial score (nSPS) is 10.1. The largest absolute Gasteiger partial charge is 0.497 e. The first-order valence-corrected chi connectivity index (χ1v) is 6.11. The number of rotatable bonds is 6. The summed E-state index contributed by atoms with van der Waals surface area (Å²) in [4.78, 5) is 11.5. The fourth-order valence-electron chi connectivity index (χ4n) is 1.32. The van der Waals surface area contributed by atoms with Crippen molar-refractivity contribution >= 4 is 17.7 Å². The molecule has 0 radical (unpaired) electrons. The van der Waals surface area contributed by atoms with Crippen LogP contribution in [0.4, 0.5) is 0 Å². The fraction of sp³-hybridized carbons (Fsp3) is 0.417. The smallest absolute Gasteiger partial charge is 0.303 e. The Morgan fingerprint density at radius 1 is 1.50 bits per heavy atom. The minimum absolute atomic E-state index is 0.238. The van der Waals surface area contributed by atoms with Crippen molar-refractivity contribution in [1.29, 1.82) is 0 Å². The van der Waals surface area contributed by atoms with Gasteiger partial charge in [0.15, 0.2) is 0 Å². The number of methoxy groups -OCH3 is 1. The van der Waals surface area contributed by atoms with Crippen molar-refractivity contribution in [3.8, 4) is 5.75 Å². The van der Waals surface area contributed by atoms with Crippen LogP contribution in [0.5, 0.6) is 5.75 Å². The van der Waals surface area contributed by atoms with Gasteiger partial charge in [0, 0.05) is 11.3 Å². The zero-order valence-electron chi connectivity index (χ0n) is 9.53. The Morgan fingerprint density at radius 3 is 2.81 bits per heavy atom. The van der Waals surface area contributed by atoms with E-state index in [1.807, 2.05) is 25.1 Å². The first-order valence-electron chi connectivity index (χ1n) is 5.12. The SMILES string of the molecule is COc1ccc(SCCCC(=O)O)c(C)c1. The van der Waals surface area contributed by atoms with E-state index in [0.717, 1.165) is 11.5 Å². The zero-order chi connectivity index (χ0) is 12.0. The molecule has 0 aliphatic carbocycles. The van der Waals surface area contributed by atoms with Crippen LogP contribution in [0.25, 0.3) is 0 Å². The van der Waals surface area contributed by atoms with Crippen LogP contribution in [0.15, 0.2) is 23.1 Å². The maximum absolute atomic E-state index is 10.3. The van der Waals surface area contributed by atoms with Gasteiger partial charge in [0.25, 0.3) is 0 Å². The lowest BCUT2D eigenvalue weighted by Crippen LogP contribution is -1.95. The van der Waals surface area contributed by atoms with Crippen LogP contribution in [0, 0.1) is 6.92 Å². The monoisotopic (exact) mass is 240 g/mol. The first kappa shape index (κ1) is 12.9. The van der Waals surface area contributed by atoms with Crippen molar-refractivity contribution in [1.82, 2.24) is 0 Å². The summed E-state index contributed by atoms with van der Waals surface area (Å²) >= 11 is 1.69. The van der Waals surface area contributed by atoms with Crippen molar-refractivity contribution in [3.05, 3.63) is 23.8 Å². The maximum Gasteiger partial charge on any atom is 0.303 e. The third kappa shape index (κ3) is 4.14. The molecule has 0 saturated heterocycles. The summed E-state index contributed by atoms with van der Waals surface area (Å²) in [5, 5.41) is 8.51. The van der Waals surface area contributed by atoms with Gasteiger partial charge in [0.1, 0.15) is 5.75 Å². The van der Waals surface area contributed by atoms with E-state index in [1.165, 1.54) is 10.5 Å². The van der Waals surface area contributed by atoms with Gasteiger partial charge in [0.05, 0.1) is 7.11 Å². The Morgan fingerprint density at radius 2 is 2.25 bits per heavy atom. The first-order chi connectivity index (χ1) is 7.63. The molecule has 3 nitrogen and oxygen atoms in total. The molecule has 0 heterocycles. The Labute approximate surface area is 99.8 Å². The van der Waals surface area contributed by atoms with Crippen molar-refractivity contribution in [2.75, 3.05) is 12.9 Å². The molecule has 0 spiro atoms. The molecule has 0 amide bonds. The van der Waals surface area contributed by atoms with Gasteiger partial charge < -0.3 is 9.84 Å². The Hall–Kier alpha value is -1.16. The van der Waals surface area contributed by atoms with Gasteiger partial charge in [-0.15, -0.1) is 11.8 Å². The second-order valence-electron chi connectivity index (χ2n) is 3.48. The molecule has 0 aromatic heterocycles. The van der Waals surface area contributed by atoms with Gasteiger partial charge >= 0.3 is 5.97 Å². The second kappa shape index (κ2) is 6.43. The molecule has 0 atom stereocenters. The third-order valence-corrected chi connectivity index (χ3v) is 3.44. The van der Waals surface area contributed by atoms with Crippen LogP contribution in [0.2, 0.25) is 0 Å². The van der Waals surface area contributed by atoms with E-state index in [-0.39, 0.29) is 6.42 Å². The molecular formula is C12H16O3S. The summed E-state index contributed by atoms with van der Waals surface area (Å²) < 4.78 is 5.12. The van der Waals surface area contributed by atoms with Gasteiger partial charge in [-0.3, -0.25) is 4.79 Å². The molecule has 0 bridgehead atoms. The van der Waals surface area contributed by atoms with E-state index in [0.29, 0.717) is 6.42 Å². The predicted octanol–water partition coefficient (Wildman–Crippen LogP) is 2.96. The van der Waals surface area contributed by atoms with Crippen molar-refractivity contribution < 1.29 is 14.6 Å². The van der Waals surface area contributed by atoms with Gasteiger partial charge in [-0.25, -0.2) is 0 Å². The molecule has 0 unspecified atom stereocenters. The van der Waals surface area contributed by atoms with Crippen LogP contribution < -0.4 is 4.74 Å². The van der Waals surface area contributed by atoms with Crippen LogP contribution >= 0.6 is 11.8 Å². The number of aryl methyl sites for hydroxylation is 1. The van der Waals surface area contributed by atoms with Crippen LogP contribution in [-0.4, -0.2) is 23.9 Å². The lowest BCUT2D eigenvalue weighted by Gasteiger charge is -2.07. The van der Waals surface area contributed by atoms with Crippen molar-refractivity contribution in [3.63, 3.8) is 0 Å². The quantitative estimate of drug-likeness (QED) is 0.613. The third-order valence-electron chi connectivity index (χ3n) is 2.17. The number of hydrogen-bond donors (Lipinski definition) is 1. The minimum atomic E-state index is -0.730. The van der Waals surface area contributed by atoms with Gasteiger partial charge in [-0.1, -0.05) is 0 Å². The van der Waals surface area contributed by atoms with Crippen molar-refractivity contribution in [2.45, 2.75) is 24.7 Å². The Balaban J connectivity index is 2.45. The molecule has 16 heavy (non-hydrogen) atoms. The molecular weight excluding hydrogens is 224 g/mol. The number of carboxylic acid groups (broad SMARTS) is 1. The van der Waals surface area contributed by atoms with E-state index in [9.17, 15) is 4.79 Å². The van der Waals surface area contributed by atoms with Crippen molar-refractivity contribution in [2.24, 2.45) is 0 Å². The molecule has 1 N–H and O–H groups in total. The van der Waals surface area contributed by atoms with E-state index in [1.54, 1.807) is 18.9 Å². The van der Waals surface area contributed by atoms with E-state index >= 15 is 0 Å². The second-order valence-corrected chi connectivity index (χ2v) is 4.61. The highest BCUT2D eigenvalue weighted by Gasteiger charge is 2.02. The standard InChI is InChI=1S/C12H16O3S/c1-9-8-10(15-2)5-6-11(9)16-7-3-4-12(13)14/h5-6,8H,3-4,7H2,1-2H3,(H,13,14).